The fourth-order valence-electron chi connectivity index (χ4n) is 3.40. The molecule has 33 heavy (non-hydrogen) atoms. The highest BCUT2D eigenvalue weighted by atomic mass is 16.5. The third-order valence-electron chi connectivity index (χ3n) is 5.12. The molecule has 0 aliphatic rings. The number of hydrogen-bond acceptors (Lipinski definition) is 7. The van der Waals surface area contributed by atoms with Crippen molar-refractivity contribution in [1.29, 1.82) is 5.41 Å². The minimum atomic E-state index is -0.508. The van der Waals surface area contributed by atoms with Crippen LogP contribution in [0, 0.1) is 5.41 Å². The summed E-state index contributed by atoms with van der Waals surface area (Å²) in [7, 11) is 1.62. The van der Waals surface area contributed by atoms with Crippen molar-refractivity contribution in [2.75, 3.05) is 12.4 Å². The van der Waals surface area contributed by atoms with Gasteiger partial charge in [0.2, 0.25) is 0 Å². The van der Waals surface area contributed by atoms with Crippen molar-refractivity contribution < 1.29 is 4.74 Å². The maximum Gasteiger partial charge on any atom is 0.350 e. The molecule has 0 aliphatic heterocycles. The van der Waals surface area contributed by atoms with Crippen molar-refractivity contribution in [2.24, 2.45) is 5.73 Å². The van der Waals surface area contributed by atoms with Crippen molar-refractivity contribution in [2.45, 2.75) is 19.4 Å². The van der Waals surface area contributed by atoms with E-state index in [4.69, 9.17) is 15.9 Å². The van der Waals surface area contributed by atoms with E-state index in [1.54, 1.807) is 37.7 Å². The van der Waals surface area contributed by atoms with Crippen LogP contribution in [0.3, 0.4) is 0 Å². The molecule has 0 amide bonds. The molecule has 0 saturated carbocycles. The monoisotopic (exact) mass is 444 g/mol. The number of nitrogen functional groups attached to an aromatic ring is 1. The van der Waals surface area contributed by atoms with Crippen LogP contribution in [0.4, 0.5) is 5.69 Å². The van der Waals surface area contributed by atoms with Crippen LogP contribution in [-0.4, -0.2) is 37.7 Å². The normalized spacial score (nSPS) is 11.7. The summed E-state index contributed by atoms with van der Waals surface area (Å²) < 4.78 is 6.62. The molecule has 0 aliphatic carbocycles. The first-order valence-electron chi connectivity index (χ1n) is 10.3. The van der Waals surface area contributed by atoms with Gasteiger partial charge in [0.15, 0.2) is 5.82 Å². The second-order valence-electron chi connectivity index (χ2n) is 7.31. The van der Waals surface area contributed by atoms with E-state index in [1.165, 1.54) is 0 Å². The van der Waals surface area contributed by atoms with E-state index < -0.39 is 11.7 Å². The number of nitrogens with zero attached hydrogens (tertiary/aromatic N) is 4. The van der Waals surface area contributed by atoms with Crippen LogP contribution in [0.25, 0.3) is 5.95 Å². The zero-order chi connectivity index (χ0) is 23.4. The number of ether oxygens (including phenoxy) is 1. The van der Waals surface area contributed by atoms with E-state index >= 15 is 0 Å². The lowest BCUT2D eigenvalue weighted by molar-refractivity contribution is 0.413. The summed E-state index contributed by atoms with van der Waals surface area (Å²) >= 11 is 0. The number of benzene rings is 2. The smallest absolute Gasteiger partial charge is 0.350 e. The topological polar surface area (TPSA) is 148 Å². The Kier molecular flexibility index (Phi) is 6.16. The van der Waals surface area contributed by atoms with Gasteiger partial charge in [0.1, 0.15) is 17.6 Å². The molecule has 5 N–H and O–H groups in total. The maximum atomic E-state index is 12.7. The Hall–Kier alpha value is -4.47. The van der Waals surface area contributed by atoms with Gasteiger partial charge in [0.25, 0.3) is 5.95 Å². The summed E-state index contributed by atoms with van der Waals surface area (Å²) in [6.07, 6.45) is 3.91. The lowest BCUT2D eigenvalue weighted by Crippen LogP contribution is -2.18. The lowest BCUT2D eigenvalue weighted by Gasteiger charge is -2.20. The van der Waals surface area contributed by atoms with E-state index in [0.717, 1.165) is 27.9 Å². The average molecular weight is 444 g/mol. The Morgan fingerprint density at radius 3 is 2.58 bits per heavy atom. The van der Waals surface area contributed by atoms with Crippen LogP contribution in [0.2, 0.25) is 0 Å². The van der Waals surface area contributed by atoms with Gasteiger partial charge in [-0.2, -0.15) is 0 Å². The molecule has 2 aromatic carbocycles. The molecule has 168 valence electrons. The number of rotatable bonds is 8. The summed E-state index contributed by atoms with van der Waals surface area (Å²) in [5.41, 5.74) is 8.44. The van der Waals surface area contributed by atoms with Gasteiger partial charge in [-0.1, -0.05) is 13.0 Å². The molecule has 10 heteroatoms. The summed E-state index contributed by atoms with van der Waals surface area (Å²) in [5, 5.41) is 15.5. The van der Waals surface area contributed by atoms with E-state index in [-0.39, 0.29) is 11.8 Å². The number of hydrogen-bond donors (Lipinski definition) is 4. The number of methoxy groups -OCH3 is 1. The van der Waals surface area contributed by atoms with Crippen LogP contribution in [0.15, 0.2) is 65.7 Å². The summed E-state index contributed by atoms with van der Waals surface area (Å²) in [6.45, 7) is 2.06. The molecule has 0 unspecified atom stereocenters. The molecule has 10 nitrogen and oxygen atoms in total. The number of aryl methyl sites for hydroxylation is 1. The lowest BCUT2D eigenvalue weighted by atomic mass is 10.0. The number of aromatic amines is 1. The first-order chi connectivity index (χ1) is 16.0. The highest BCUT2D eigenvalue weighted by molar-refractivity contribution is 5.95. The number of H-pyrrole nitrogens is 1. The molecule has 0 saturated heterocycles. The van der Waals surface area contributed by atoms with Crippen LogP contribution >= 0.6 is 0 Å². The van der Waals surface area contributed by atoms with Crippen molar-refractivity contribution in [3.63, 3.8) is 0 Å². The third kappa shape index (κ3) is 4.74. The van der Waals surface area contributed by atoms with Gasteiger partial charge in [-0.15, -0.1) is 9.78 Å². The predicted octanol–water partition coefficient (Wildman–Crippen LogP) is 2.41. The van der Waals surface area contributed by atoms with Crippen LogP contribution in [0.1, 0.15) is 35.5 Å². The van der Waals surface area contributed by atoms with Crippen molar-refractivity contribution in [3.8, 4) is 11.7 Å². The number of nitrogens with one attached hydrogen (secondary N) is 3. The average Bonchev–Trinajstić information content (AvgIpc) is 3.24. The first-order valence-corrected chi connectivity index (χ1v) is 10.3. The van der Waals surface area contributed by atoms with Gasteiger partial charge in [0, 0.05) is 23.6 Å². The second-order valence-corrected chi connectivity index (χ2v) is 7.31. The van der Waals surface area contributed by atoms with Crippen LogP contribution in [0.5, 0.6) is 5.75 Å². The minimum Gasteiger partial charge on any atom is -0.497 e. The molecule has 0 radical (unpaired) electrons. The van der Waals surface area contributed by atoms with Gasteiger partial charge in [-0.05, 0) is 60.0 Å². The standard InChI is InChI=1S/C23H24N8O2/c1-3-14-11-16(13-18(12-14)33-2)19(28-17-7-5-15(6-8-17)20(24)25)21-29-23(32)31(30-21)22-26-9-4-10-27-22/h4-13,19,28H,3H2,1-2H3,(H3,24,25)(H,29,30,32)/t19-/m0/s1. The molecule has 4 aromatic rings. The van der Waals surface area contributed by atoms with Gasteiger partial charge in [-0.25, -0.2) is 14.8 Å². The Bertz CT molecular complexity index is 1290. The Balaban J connectivity index is 1.80. The largest absolute Gasteiger partial charge is 0.497 e. The number of aromatic nitrogens is 5. The van der Waals surface area contributed by atoms with Gasteiger partial charge < -0.3 is 15.8 Å². The summed E-state index contributed by atoms with van der Waals surface area (Å²) in [4.78, 5) is 23.7. The molecule has 1 atom stereocenters. The van der Waals surface area contributed by atoms with E-state index in [9.17, 15) is 4.79 Å². The number of nitrogens with two attached hydrogens (primary N) is 1. The van der Waals surface area contributed by atoms with Crippen LogP contribution in [-0.2, 0) is 6.42 Å². The number of anilines is 1. The van der Waals surface area contributed by atoms with Gasteiger partial charge in [0.05, 0.1) is 7.11 Å². The fraction of sp³-hybridized carbons (Fsp3) is 0.174. The molecule has 2 heterocycles. The van der Waals surface area contributed by atoms with Crippen LogP contribution < -0.4 is 21.5 Å². The van der Waals surface area contributed by atoms with E-state index in [0.29, 0.717) is 17.1 Å². The Morgan fingerprint density at radius 1 is 1.21 bits per heavy atom. The zero-order valence-electron chi connectivity index (χ0n) is 18.2. The van der Waals surface area contributed by atoms with Crippen molar-refractivity contribution >= 4 is 11.5 Å². The first kappa shape index (κ1) is 21.8. The van der Waals surface area contributed by atoms with E-state index in [2.05, 4.69) is 32.3 Å². The Labute approximate surface area is 190 Å². The van der Waals surface area contributed by atoms with Crippen molar-refractivity contribution in [3.05, 3.63) is 93.9 Å². The molecule has 4 rings (SSSR count). The summed E-state index contributed by atoms with van der Waals surface area (Å²) in [6, 6.07) is 14.2. The molecular formula is C23H24N8O2. The molecule has 0 spiro atoms. The zero-order valence-corrected chi connectivity index (χ0v) is 18.2. The highest BCUT2D eigenvalue weighted by Gasteiger charge is 2.22. The van der Waals surface area contributed by atoms with Gasteiger partial charge >= 0.3 is 5.69 Å². The summed E-state index contributed by atoms with van der Waals surface area (Å²) in [5.74, 6) is 1.26. The molecular weight excluding hydrogens is 420 g/mol. The fourth-order valence-corrected chi connectivity index (χ4v) is 3.40. The van der Waals surface area contributed by atoms with E-state index in [1.807, 2.05) is 30.3 Å². The third-order valence-corrected chi connectivity index (χ3v) is 5.12. The van der Waals surface area contributed by atoms with Gasteiger partial charge in [-0.3, -0.25) is 10.4 Å². The molecule has 0 fully saturated rings. The second kappa shape index (κ2) is 9.35. The quantitative estimate of drug-likeness (QED) is 0.241. The maximum absolute atomic E-state index is 12.7. The highest BCUT2D eigenvalue weighted by Crippen LogP contribution is 2.29. The molecule has 2 aromatic heterocycles. The SMILES string of the molecule is CCc1cc(OC)cc([C@H](Nc2ccc(C(=N)N)cc2)c2nn(-c3ncccn3)c(=O)[nH]2)c1. The molecule has 0 bridgehead atoms. The predicted molar refractivity (Wildman–Crippen MR) is 125 cm³/mol. The number of amidine groups is 1. The van der Waals surface area contributed by atoms with Crippen molar-refractivity contribution in [1.82, 2.24) is 24.7 Å². The Morgan fingerprint density at radius 2 is 1.94 bits per heavy atom. The minimum absolute atomic E-state index is 0.00980.